The van der Waals surface area contributed by atoms with E-state index in [0.717, 1.165) is 18.5 Å². The molecule has 0 bridgehead atoms. The highest BCUT2D eigenvalue weighted by molar-refractivity contribution is 6.06. The highest BCUT2D eigenvalue weighted by atomic mass is 16.5. The van der Waals surface area contributed by atoms with Gasteiger partial charge >= 0.3 is 5.97 Å². The summed E-state index contributed by atoms with van der Waals surface area (Å²) >= 11 is 0. The molecule has 0 aliphatic heterocycles. The van der Waals surface area contributed by atoms with Crippen LogP contribution in [0.15, 0.2) is 10.6 Å². The summed E-state index contributed by atoms with van der Waals surface area (Å²) in [7, 11) is 0. The van der Waals surface area contributed by atoms with Gasteiger partial charge in [-0.3, -0.25) is 9.59 Å². The van der Waals surface area contributed by atoms with Crippen molar-refractivity contribution in [3.63, 3.8) is 0 Å². The number of fused-ring (bicyclic) bond motifs is 1. The monoisotopic (exact) mass is 331 g/mol. The Kier molecular flexibility index (Phi) is 4.26. The lowest BCUT2D eigenvalue weighted by molar-refractivity contribution is -0.137. The van der Waals surface area contributed by atoms with Crippen LogP contribution >= 0.6 is 0 Å². The molecule has 2 heterocycles. The van der Waals surface area contributed by atoms with Gasteiger partial charge in [0.05, 0.1) is 23.1 Å². The highest BCUT2D eigenvalue weighted by Crippen LogP contribution is 2.40. The average Bonchev–Trinajstić information content (AvgIpc) is 3.30. The fraction of sp³-hybridized carbons (Fsp3) is 0.529. The van der Waals surface area contributed by atoms with Crippen molar-refractivity contribution in [1.82, 2.24) is 15.0 Å². The third-order valence-electron chi connectivity index (χ3n) is 4.31. The predicted octanol–water partition coefficient (Wildman–Crippen LogP) is 2.73. The first kappa shape index (κ1) is 16.4. The van der Waals surface area contributed by atoms with Crippen molar-refractivity contribution in [3.05, 3.63) is 23.0 Å². The lowest BCUT2D eigenvalue weighted by Crippen LogP contribution is -2.38. The summed E-state index contributed by atoms with van der Waals surface area (Å²) in [5.74, 6) is -0.752. The van der Waals surface area contributed by atoms with Crippen LogP contribution in [-0.4, -0.2) is 44.6 Å². The van der Waals surface area contributed by atoms with Crippen molar-refractivity contribution >= 4 is 23.0 Å². The number of aliphatic carboxylic acids is 1. The number of aryl methyl sites for hydroxylation is 1. The molecule has 3 rings (SSSR count). The van der Waals surface area contributed by atoms with Crippen LogP contribution in [0.3, 0.4) is 0 Å². The van der Waals surface area contributed by atoms with E-state index in [-0.39, 0.29) is 24.9 Å². The van der Waals surface area contributed by atoms with Gasteiger partial charge in [0.2, 0.25) is 0 Å². The largest absolute Gasteiger partial charge is 0.481 e. The van der Waals surface area contributed by atoms with E-state index >= 15 is 0 Å². The van der Waals surface area contributed by atoms with Gasteiger partial charge in [-0.25, -0.2) is 4.98 Å². The molecule has 1 saturated carbocycles. The minimum Gasteiger partial charge on any atom is -0.481 e. The van der Waals surface area contributed by atoms with Crippen LogP contribution in [-0.2, 0) is 4.79 Å². The van der Waals surface area contributed by atoms with E-state index in [2.05, 4.69) is 10.1 Å². The van der Waals surface area contributed by atoms with Gasteiger partial charge in [-0.05, 0) is 39.7 Å². The molecule has 1 fully saturated rings. The molecule has 7 heteroatoms. The molecule has 1 N–H and O–H groups in total. The summed E-state index contributed by atoms with van der Waals surface area (Å²) < 4.78 is 5.27. The Hall–Kier alpha value is -2.44. The summed E-state index contributed by atoms with van der Waals surface area (Å²) in [5.41, 5.74) is 2.34. The zero-order valence-corrected chi connectivity index (χ0v) is 14.1. The van der Waals surface area contributed by atoms with Gasteiger partial charge in [-0.2, -0.15) is 0 Å². The number of carboxylic acid groups (broad SMARTS) is 1. The van der Waals surface area contributed by atoms with Gasteiger partial charge in [0.1, 0.15) is 0 Å². The number of carbonyl (C=O) groups is 2. The summed E-state index contributed by atoms with van der Waals surface area (Å²) in [6, 6.07) is 1.72. The first-order valence-electron chi connectivity index (χ1n) is 8.18. The molecule has 2 aromatic heterocycles. The maximum Gasteiger partial charge on any atom is 0.305 e. The van der Waals surface area contributed by atoms with Crippen molar-refractivity contribution in [3.8, 4) is 0 Å². The highest BCUT2D eigenvalue weighted by Gasteiger charge is 2.30. The van der Waals surface area contributed by atoms with Crippen molar-refractivity contribution in [1.29, 1.82) is 0 Å². The van der Waals surface area contributed by atoms with Crippen LogP contribution in [0, 0.1) is 6.92 Å². The number of carboxylic acids is 1. The lowest BCUT2D eigenvalue weighted by Gasteiger charge is -2.26. The maximum absolute atomic E-state index is 13.1. The summed E-state index contributed by atoms with van der Waals surface area (Å²) in [4.78, 5) is 30.0. The Balaban J connectivity index is 2.03. The van der Waals surface area contributed by atoms with Crippen LogP contribution in [0.2, 0.25) is 0 Å². The number of carbonyl (C=O) groups excluding carboxylic acids is 1. The Labute approximate surface area is 139 Å². The minimum absolute atomic E-state index is 0.0871. The van der Waals surface area contributed by atoms with Crippen LogP contribution < -0.4 is 0 Å². The Morgan fingerprint density at radius 2 is 2.12 bits per heavy atom. The Morgan fingerprint density at radius 3 is 2.71 bits per heavy atom. The number of hydrogen-bond acceptors (Lipinski definition) is 5. The van der Waals surface area contributed by atoms with Gasteiger partial charge in [0.25, 0.3) is 11.6 Å². The molecule has 1 amide bonds. The zero-order chi connectivity index (χ0) is 17.4. The van der Waals surface area contributed by atoms with E-state index in [4.69, 9.17) is 9.63 Å². The van der Waals surface area contributed by atoms with Gasteiger partial charge in [-0.1, -0.05) is 5.16 Å². The Bertz CT molecular complexity index is 792. The molecule has 0 unspecified atom stereocenters. The fourth-order valence-corrected chi connectivity index (χ4v) is 2.84. The summed E-state index contributed by atoms with van der Waals surface area (Å²) in [5, 5.41) is 13.5. The first-order chi connectivity index (χ1) is 11.4. The zero-order valence-electron chi connectivity index (χ0n) is 14.1. The Morgan fingerprint density at radius 1 is 1.42 bits per heavy atom. The van der Waals surface area contributed by atoms with Crippen LogP contribution in [0.25, 0.3) is 11.1 Å². The van der Waals surface area contributed by atoms with Crippen molar-refractivity contribution in [2.45, 2.75) is 52.0 Å². The topological polar surface area (TPSA) is 96.5 Å². The second kappa shape index (κ2) is 6.22. The molecule has 0 saturated heterocycles. The molecular weight excluding hydrogens is 310 g/mol. The molecular formula is C17H21N3O4. The third-order valence-corrected chi connectivity index (χ3v) is 4.31. The normalized spacial score (nSPS) is 14.3. The summed E-state index contributed by atoms with van der Waals surface area (Å²) in [6.07, 6.45) is 2.04. The first-order valence-corrected chi connectivity index (χ1v) is 8.18. The van der Waals surface area contributed by atoms with E-state index < -0.39 is 5.97 Å². The lowest BCUT2D eigenvalue weighted by atomic mass is 10.1. The molecule has 0 aromatic carbocycles. The third kappa shape index (κ3) is 3.11. The SMILES string of the molecule is Cc1noc2nc(C3CC3)cc(C(=O)N(CCC(=O)O)C(C)C)c12. The smallest absolute Gasteiger partial charge is 0.305 e. The molecule has 0 spiro atoms. The van der Waals surface area contributed by atoms with Crippen LogP contribution in [0.1, 0.15) is 60.8 Å². The number of hydrogen-bond donors (Lipinski definition) is 1. The number of aromatic nitrogens is 2. The standard InChI is InChI=1S/C17H21N3O4/c1-9(2)20(7-6-14(21)22)17(23)12-8-13(11-4-5-11)18-16-15(12)10(3)19-24-16/h8-9,11H,4-7H2,1-3H3,(H,21,22). The maximum atomic E-state index is 13.1. The minimum atomic E-state index is -0.923. The summed E-state index contributed by atoms with van der Waals surface area (Å²) in [6.45, 7) is 5.69. The van der Waals surface area contributed by atoms with E-state index in [1.165, 1.54) is 0 Å². The number of nitrogens with zero attached hydrogens (tertiary/aromatic N) is 3. The molecule has 2 aromatic rings. The molecule has 1 aliphatic carbocycles. The van der Waals surface area contributed by atoms with E-state index in [0.29, 0.717) is 28.3 Å². The van der Waals surface area contributed by atoms with E-state index in [1.807, 2.05) is 19.9 Å². The molecule has 7 nitrogen and oxygen atoms in total. The van der Waals surface area contributed by atoms with E-state index in [9.17, 15) is 9.59 Å². The van der Waals surface area contributed by atoms with Gasteiger partial charge in [0, 0.05) is 24.2 Å². The van der Waals surface area contributed by atoms with Crippen molar-refractivity contribution < 1.29 is 19.2 Å². The number of rotatable bonds is 6. The van der Waals surface area contributed by atoms with Gasteiger partial charge in [0.15, 0.2) is 0 Å². The molecule has 1 aliphatic rings. The second-order valence-corrected chi connectivity index (χ2v) is 6.55. The van der Waals surface area contributed by atoms with Gasteiger partial charge in [-0.15, -0.1) is 0 Å². The number of pyridine rings is 1. The molecule has 0 atom stereocenters. The fourth-order valence-electron chi connectivity index (χ4n) is 2.84. The van der Waals surface area contributed by atoms with Crippen LogP contribution in [0.5, 0.6) is 0 Å². The average molecular weight is 331 g/mol. The van der Waals surface area contributed by atoms with Crippen molar-refractivity contribution in [2.24, 2.45) is 0 Å². The number of amides is 1. The van der Waals surface area contributed by atoms with Crippen LogP contribution in [0.4, 0.5) is 0 Å². The molecule has 0 radical (unpaired) electrons. The quantitative estimate of drug-likeness (QED) is 0.874. The second-order valence-electron chi connectivity index (χ2n) is 6.55. The van der Waals surface area contributed by atoms with Crippen molar-refractivity contribution in [2.75, 3.05) is 6.54 Å². The predicted molar refractivity (Wildman–Crippen MR) is 86.9 cm³/mol. The molecule has 128 valence electrons. The van der Waals surface area contributed by atoms with Gasteiger partial charge < -0.3 is 14.5 Å². The molecule has 24 heavy (non-hydrogen) atoms. The van der Waals surface area contributed by atoms with E-state index in [1.54, 1.807) is 11.8 Å².